The Kier molecular flexibility index (Phi) is 4.78. The van der Waals surface area contributed by atoms with E-state index in [1.165, 1.54) is 5.56 Å². The molecule has 2 heterocycles. The van der Waals surface area contributed by atoms with Gasteiger partial charge in [0.25, 0.3) is 0 Å². The topological polar surface area (TPSA) is 29.0 Å². The smallest absolute Gasteiger partial charge is 0.188 e. The molecule has 1 aromatic heterocycles. The molecule has 0 saturated heterocycles. The fraction of sp³-hybridized carbons (Fsp3) is 0.375. The summed E-state index contributed by atoms with van der Waals surface area (Å²) in [7, 11) is 0. The van der Waals surface area contributed by atoms with E-state index in [1.54, 1.807) is 11.8 Å². The predicted octanol–water partition coefficient (Wildman–Crippen LogP) is 3.45. The Labute approximate surface area is 134 Å². The van der Waals surface area contributed by atoms with Crippen molar-refractivity contribution >= 4 is 23.4 Å². The molecule has 0 unspecified atom stereocenters. The van der Waals surface area contributed by atoms with Crippen molar-refractivity contribution in [1.29, 1.82) is 0 Å². The minimum atomic E-state index is 0.630. The summed E-state index contributed by atoms with van der Waals surface area (Å²) < 4.78 is 0. The molecule has 0 saturated carbocycles. The molecule has 110 valence electrons. The zero-order valence-corrected chi connectivity index (χ0v) is 13.6. The Morgan fingerprint density at radius 2 is 1.90 bits per heavy atom. The van der Waals surface area contributed by atoms with Crippen LogP contribution >= 0.6 is 23.4 Å². The SMILES string of the molecule is CSc1nc(Cl)c2c(n1)CCN(Cc1ccccc1)CC2. The van der Waals surface area contributed by atoms with Crippen molar-refractivity contribution in [2.45, 2.75) is 24.5 Å². The normalized spacial score (nSPS) is 15.5. The quantitative estimate of drug-likeness (QED) is 0.492. The Morgan fingerprint density at radius 1 is 1.14 bits per heavy atom. The number of rotatable bonds is 3. The van der Waals surface area contributed by atoms with Gasteiger partial charge in [0.1, 0.15) is 5.15 Å². The summed E-state index contributed by atoms with van der Waals surface area (Å²) in [5.41, 5.74) is 3.60. The Balaban J connectivity index is 1.75. The van der Waals surface area contributed by atoms with Gasteiger partial charge in [-0.3, -0.25) is 4.90 Å². The molecule has 1 aliphatic heterocycles. The van der Waals surface area contributed by atoms with Crippen molar-refractivity contribution in [2.75, 3.05) is 19.3 Å². The van der Waals surface area contributed by atoms with Crippen molar-refractivity contribution in [2.24, 2.45) is 0 Å². The standard InChI is InChI=1S/C16H18ClN3S/c1-21-16-18-14-8-10-20(9-7-13(14)15(17)19-16)11-12-5-3-2-4-6-12/h2-6H,7-11H2,1H3. The van der Waals surface area contributed by atoms with Gasteiger partial charge in [-0.2, -0.15) is 0 Å². The predicted molar refractivity (Wildman–Crippen MR) is 88.0 cm³/mol. The summed E-state index contributed by atoms with van der Waals surface area (Å²) in [6.45, 7) is 3.00. The van der Waals surface area contributed by atoms with Crippen LogP contribution in [-0.4, -0.2) is 34.2 Å². The molecular formula is C16H18ClN3S. The van der Waals surface area contributed by atoms with Crippen LogP contribution in [0.15, 0.2) is 35.5 Å². The van der Waals surface area contributed by atoms with Gasteiger partial charge < -0.3 is 0 Å². The lowest BCUT2D eigenvalue weighted by molar-refractivity contribution is 0.279. The van der Waals surface area contributed by atoms with Gasteiger partial charge in [-0.15, -0.1) is 0 Å². The first-order valence-corrected chi connectivity index (χ1v) is 8.72. The highest BCUT2D eigenvalue weighted by Crippen LogP contribution is 2.24. The first-order chi connectivity index (χ1) is 10.3. The van der Waals surface area contributed by atoms with Crippen LogP contribution in [0.1, 0.15) is 16.8 Å². The van der Waals surface area contributed by atoms with E-state index in [0.29, 0.717) is 5.15 Å². The van der Waals surface area contributed by atoms with Crippen LogP contribution in [-0.2, 0) is 19.4 Å². The van der Waals surface area contributed by atoms with E-state index in [2.05, 4.69) is 45.2 Å². The van der Waals surface area contributed by atoms with E-state index in [0.717, 1.165) is 48.9 Å². The van der Waals surface area contributed by atoms with Crippen LogP contribution in [0.4, 0.5) is 0 Å². The number of hydrogen-bond acceptors (Lipinski definition) is 4. The minimum absolute atomic E-state index is 0.630. The number of aromatic nitrogens is 2. The average Bonchev–Trinajstić information content (AvgIpc) is 2.71. The number of halogens is 1. The highest BCUT2D eigenvalue weighted by Gasteiger charge is 2.19. The molecule has 3 nitrogen and oxygen atoms in total. The summed E-state index contributed by atoms with van der Waals surface area (Å²) in [5, 5.41) is 1.40. The van der Waals surface area contributed by atoms with Gasteiger partial charge in [-0.25, -0.2) is 9.97 Å². The van der Waals surface area contributed by atoms with Crippen LogP contribution in [0.3, 0.4) is 0 Å². The zero-order chi connectivity index (χ0) is 14.7. The average molecular weight is 320 g/mol. The zero-order valence-electron chi connectivity index (χ0n) is 12.1. The molecular weight excluding hydrogens is 302 g/mol. The molecule has 1 aromatic carbocycles. The Hall–Kier alpha value is -1.10. The van der Waals surface area contributed by atoms with Crippen LogP contribution < -0.4 is 0 Å². The molecule has 1 aliphatic rings. The van der Waals surface area contributed by atoms with Gasteiger partial charge in [0.15, 0.2) is 5.16 Å². The lowest BCUT2D eigenvalue weighted by Crippen LogP contribution is -2.25. The van der Waals surface area contributed by atoms with Crippen molar-refractivity contribution < 1.29 is 0 Å². The number of nitrogens with zero attached hydrogens (tertiary/aromatic N) is 3. The third-order valence-corrected chi connectivity index (χ3v) is 4.66. The number of benzene rings is 1. The van der Waals surface area contributed by atoms with Gasteiger partial charge >= 0.3 is 0 Å². The van der Waals surface area contributed by atoms with E-state index in [-0.39, 0.29) is 0 Å². The number of hydrogen-bond donors (Lipinski definition) is 0. The van der Waals surface area contributed by atoms with E-state index in [1.807, 2.05) is 6.26 Å². The molecule has 2 aromatic rings. The highest BCUT2D eigenvalue weighted by atomic mass is 35.5. The van der Waals surface area contributed by atoms with Crippen LogP contribution in [0.25, 0.3) is 0 Å². The first kappa shape index (κ1) is 14.8. The molecule has 3 rings (SSSR count). The molecule has 21 heavy (non-hydrogen) atoms. The van der Waals surface area contributed by atoms with E-state index in [9.17, 15) is 0 Å². The van der Waals surface area contributed by atoms with E-state index >= 15 is 0 Å². The van der Waals surface area contributed by atoms with Crippen molar-refractivity contribution in [3.8, 4) is 0 Å². The molecule has 0 N–H and O–H groups in total. The van der Waals surface area contributed by atoms with Crippen LogP contribution in [0.2, 0.25) is 5.15 Å². The molecule has 0 aliphatic carbocycles. The maximum atomic E-state index is 6.32. The second-order valence-corrected chi connectivity index (χ2v) is 6.32. The fourth-order valence-electron chi connectivity index (χ4n) is 2.67. The van der Waals surface area contributed by atoms with Gasteiger partial charge in [0, 0.05) is 31.6 Å². The number of thioether (sulfide) groups is 1. The van der Waals surface area contributed by atoms with Crippen LogP contribution in [0, 0.1) is 0 Å². The van der Waals surface area contributed by atoms with Gasteiger partial charge in [-0.05, 0) is 18.2 Å². The van der Waals surface area contributed by atoms with Crippen molar-refractivity contribution in [3.05, 3.63) is 52.3 Å². The molecule has 0 spiro atoms. The van der Waals surface area contributed by atoms with Gasteiger partial charge in [0.2, 0.25) is 0 Å². The van der Waals surface area contributed by atoms with Gasteiger partial charge in [0.05, 0.1) is 5.69 Å². The molecule has 0 radical (unpaired) electrons. The summed E-state index contributed by atoms with van der Waals surface area (Å²) >= 11 is 7.87. The van der Waals surface area contributed by atoms with E-state index < -0.39 is 0 Å². The molecule has 0 amide bonds. The first-order valence-electron chi connectivity index (χ1n) is 7.12. The van der Waals surface area contributed by atoms with Gasteiger partial charge in [-0.1, -0.05) is 53.7 Å². The summed E-state index contributed by atoms with van der Waals surface area (Å²) in [6.07, 6.45) is 3.85. The molecule has 0 atom stereocenters. The monoisotopic (exact) mass is 319 g/mol. The van der Waals surface area contributed by atoms with Crippen molar-refractivity contribution in [1.82, 2.24) is 14.9 Å². The lowest BCUT2D eigenvalue weighted by Gasteiger charge is -2.19. The third kappa shape index (κ3) is 3.57. The number of fused-ring (bicyclic) bond motifs is 1. The largest absolute Gasteiger partial charge is 0.298 e. The molecule has 0 fully saturated rings. The van der Waals surface area contributed by atoms with E-state index in [4.69, 9.17) is 11.6 Å². The maximum Gasteiger partial charge on any atom is 0.188 e. The summed E-state index contributed by atoms with van der Waals surface area (Å²) in [5.74, 6) is 0. The lowest BCUT2D eigenvalue weighted by atomic mass is 10.1. The summed E-state index contributed by atoms with van der Waals surface area (Å²) in [4.78, 5) is 11.5. The second-order valence-electron chi connectivity index (χ2n) is 5.19. The Bertz CT molecular complexity index is 618. The molecule has 5 heteroatoms. The maximum absolute atomic E-state index is 6.32. The fourth-order valence-corrected chi connectivity index (χ4v) is 3.39. The Morgan fingerprint density at radius 3 is 2.67 bits per heavy atom. The summed E-state index contributed by atoms with van der Waals surface area (Å²) in [6, 6.07) is 10.6. The second kappa shape index (κ2) is 6.77. The third-order valence-electron chi connectivity index (χ3n) is 3.80. The highest BCUT2D eigenvalue weighted by molar-refractivity contribution is 7.98. The van der Waals surface area contributed by atoms with Crippen molar-refractivity contribution in [3.63, 3.8) is 0 Å². The van der Waals surface area contributed by atoms with Crippen LogP contribution in [0.5, 0.6) is 0 Å². The molecule has 0 bridgehead atoms. The minimum Gasteiger partial charge on any atom is -0.298 e.